The van der Waals surface area contributed by atoms with Gasteiger partial charge in [-0.1, -0.05) is 0 Å². The number of ether oxygens (including phenoxy) is 2. The van der Waals surface area contributed by atoms with E-state index in [9.17, 15) is 14.0 Å². The molecule has 3 rings (SSSR count). The number of nitrogens with zero attached hydrogens (tertiary/aromatic N) is 1. The first-order valence-electron chi connectivity index (χ1n) is 10.9. The average molecular weight is 421 g/mol. The highest BCUT2D eigenvalue weighted by Crippen LogP contribution is 2.32. The fraction of sp³-hybridized carbons (Fsp3) is 0.652. The van der Waals surface area contributed by atoms with Crippen molar-refractivity contribution in [3.8, 4) is 5.75 Å². The molecule has 1 aromatic rings. The van der Waals surface area contributed by atoms with Gasteiger partial charge >= 0.3 is 0 Å². The maximum atomic E-state index is 14.4. The van der Waals surface area contributed by atoms with E-state index in [1.165, 1.54) is 19.6 Å². The first-order chi connectivity index (χ1) is 14.4. The zero-order valence-electron chi connectivity index (χ0n) is 18.0. The van der Waals surface area contributed by atoms with E-state index in [-0.39, 0.29) is 23.7 Å². The molecule has 0 bridgehead atoms. The van der Waals surface area contributed by atoms with Gasteiger partial charge in [-0.3, -0.25) is 9.59 Å². The van der Waals surface area contributed by atoms with Gasteiger partial charge in [0, 0.05) is 38.6 Å². The largest absolute Gasteiger partial charge is 0.497 e. The van der Waals surface area contributed by atoms with E-state index in [2.05, 4.69) is 5.32 Å². The number of nitrogens with one attached hydrogen (secondary N) is 1. The van der Waals surface area contributed by atoms with Gasteiger partial charge in [0.2, 0.25) is 11.8 Å². The van der Waals surface area contributed by atoms with Crippen molar-refractivity contribution in [2.24, 2.45) is 0 Å². The molecule has 7 heteroatoms. The molecule has 2 heterocycles. The van der Waals surface area contributed by atoms with E-state index in [1.54, 1.807) is 17.0 Å². The van der Waals surface area contributed by atoms with E-state index in [0.717, 1.165) is 25.9 Å². The van der Waals surface area contributed by atoms with Crippen LogP contribution in [0.2, 0.25) is 0 Å². The first kappa shape index (κ1) is 22.5. The number of benzene rings is 1. The number of carbonyl (C=O) groups is 2. The predicted octanol–water partition coefficient (Wildman–Crippen LogP) is 3.22. The van der Waals surface area contributed by atoms with Gasteiger partial charge in [-0.2, -0.15) is 0 Å². The number of halogens is 1. The highest BCUT2D eigenvalue weighted by molar-refractivity contribution is 5.80. The van der Waals surface area contributed by atoms with Crippen LogP contribution in [0.5, 0.6) is 5.75 Å². The third-order valence-electron chi connectivity index (χ3n) is 6.32. The molecule has 2 amide bonds. The van der Waals surface area contributed by atoms with Gasteiger partial charge in [-0.25, -0.2) is 4.39 Å². The molecule has 166 valence electrons. The van der Waals surface area contributed by atoms with Crippen LogP contribution >= 0.6 is 0 Å². The first-order valence-corrected chi connectivity index (χ1v) is 10.9. The Balaban J connectivity index is 1.58. The van der Waals surface area contributed by atoms with Crippen molar-refractivity contribution in [2.75, 3.05) is 27.3 Å². The summed E-state index contributed by atoms with van der Waals surface area (Å²) in [6.45, 7) is 1.47. The van der Waals surface area contributed by atoms with E-state index < -0.39 is 5.54 Å². The van der Waals surface area contributed by atoms with Crippen molar-refractivity contribution >= 4 is 11.8 Å². The standard InChI is InChI=1S/C23H33FN2O4/c1-26(13-10-18-5-3-4-14-30-18)22(28)9-12-23(11-8-21(27)25-23)16-17-15-19(29-2)6-7-20(17)24/h6-7,15,18H,3-5,8-14,16H2,1-2H3,(H,25,27)/t18-,23+/m0/s1. The van der Waals surface area contributed by atoms with Gasteiger partial charge in [0.05, 0.1) is 13.2 Å². The summed E-state index contributed by atoms with van der Waals surface area (Å²) < 4.78 is 25.3. The maximum Gasteiger partial charge on any atom is 0.222 e. The number of carbonyl (C=O) groups excluding carboxylic acids is 2. The van der Waals surface area contributed by atoms with Crippen LogP contribution in [0.15, 0.2) is 18.2 Å². The lowest BCUT2D eigenvalue weighted by Gasteiger charge is -2.31. The highest BCUT2D eigenvalue weighted by Gasteiger charge is 2.38. The van der Waals surface area contributed by atoms with Crippen LogP contribution in [0, 0.1) is 5.82 Å². The molecule has 30 heavy (non-hydrogen) atoms. The van der Waals surface area contributed by atoms with Crippen LogP contribution in [0.25, 0.3) is 0 Å². The summed E-state index contributed by atoms with van der Waals surface area (Å²) in [6.07, 6.45) is 6.58. The zero-order chi connectivity index (χ0) is 21.6. The molecule has 0 spiro atoms. The molecule has 2 aliphatic heterocycles. The quantitative estimate of drug-likeness (QED) is 0.666. The minimum Gasteiger partial charge on any atom is -0.497 e. The second-order valence-electron chi connectivity index (χ2n) is 8.56. The van der Waals surface area contributed by atoms with Gasteiger partial charge in [0.1, 0.15) is 11.6 Å². The summed E-state index contributed by atoms with van der Waals surface area (Å²) in [5.74, 6) is 0.241. The summed E-state index contributed by atoms with van der Waals surface area (Å²) in [5.41, 5.74) is -0.111. The summed E-state index contributed by atoms with van der Waals surface area (Å²) in [6, 6.07) is 4.62. The van der Waals surface area contributed by atoms with Gasteiger partial charge in [0.15, 0.2) is 0 Å². The number of hydrogen-bond donors (Lipinski definition) is 1. The molecular formula is C23H33FN2O4. The average Bonchev–Trinajstić information content (AvgIpc) is 3.13. The Hall–Kier alpha value is -2.15. The number of amides is 2. The maximum absolute atomic E-state index is 14.4. The molecule has 0 saturated carbocycles. The van der Waals surface area contributed by atoms with Crippen LogP contribution in [0.4, 0.5) is 4.39 Å². The lowest BCUT2D eigenvalue weighted by Crippen LogP contribution is -2.45. The Morgan fingerprint density at radius 3 is 2.90 bits per heavy atom. The van der Waals surface area contributed by atoms with Crippen LogP contribution in [-0.2, 0) is 20.7 Å². The van der Waals surface area contributed by atoms with E-state index in [4.69, 9.17) is 9.47 Å². The summed E-state index contributed by atoms with van der Waals surface area (Å²) in [7, 11) is 3.35. The zero-order valence-corrected chi connectivity index (χ0v) is 18.0. The van der Waals surface area contributed by atoms with Crippen molar-refractivity contribution in [1.82, 2.24) is 10.2 Å². The Bertz CT molecular complexity index is 751. The van der Waals surface area contributed by atoms with Crippen molar-refractivity contribution in [1.29, 1.82) is 0 Å². The molecule has 1 N–H and O–H groups in total. The second-order valence-corrected chi connectivity index (χ2v) is 8.56. The van der Waals surface area contributed by atoms with Crippen molar-refractivity contribution in [3.63, 3.8) is 0 Å². The predicted molar refractivity (Wildman–Crippen MR) is 112 cm³/mol. The minimum atomic E-state index is -0.604. The number of rotatable bonds is 9. The fourth-order valence-corrected chi connectivity index (χ4v) is 4.39. The van der Waals surface area contributed by atoms with Gasteiger partial charge in [-0.05, 0) is 68.7 Å². The Morgan fingerprint density at radius 2 is 2.23 bits per heavy atom. The summed E-state index contributed by atoms with van der Waals surface area (Å²) >= 11 is 0. The molecule has 2 atom stereocenters. The number of methoxy groups -OCH3 is 1. The van der Waals surface area contributed by atoms with Crippen molar-refractivity contribution < 1.29 is 23.5 Å². The van der Waals surface area contributed by atoms with Crippen molar-refractivity contribution in [3.05, 3.63) is 29.6 Å². The third kappa shape index (κ3) is 5.94. The second kappa shape index (κ2) is 10.2. The summed E-state index contributed by atoms with van der Waals surface area (Å²) in [5, 5.41) is 3.02. The Kier molecular flexibility index (Phi) is 7.69. The Labute approximate surface area is 178 Å². The normalized spacial score (nSPS) is 23.8. The SMILES string of the molecule is COc1ccc(F)c(C[C@]2(CCC(=O)N(C)CC[C@@H]3CCCCO3)CCC(=O)N2)c1. The van der Waals surface area contributed by atoms with Crippen LogP contribution in [-0.4, -0.2) is 55.7 Å². The minimum absolute atomic E-state index is 0.0393. The van der Waals surface area contributed by atoms with Gasteiger partial charge < -0.3 is 19.7 Å². The van der Waals surface area contributed by atoms with E-state index >= 15 is 0 Å². The molecule has 0 radical (unpaired) electrons. The molecule has 0 aromatic heterocycles. The number of hydrogen-bond acceptors (Lipinski definition) is 4. The Morgan fingerprint density at radius 1 is 1.40 bits per heavy atom. The molecule has 0 aliphatic carbocycles. The van der Waals surface area contributed by atoms with Gasteiger partial charge in [0.25, 0.3) is 0 Å². The van der Waals surface area contributed by atoms with Gasteiger partial charge in [-0.15, -0.1) is 0 Å². The smallest absolute Gasteiger partial charge is 0.222 e. The molecule has 0 unspecified atom stereocenters. The lowest BCUT2D eigenvalue weighted by molar-refractivity contribution is -0.131. The fourth-order valence-electron chi connectivity index (χ4n) is 4.39. The molecular weight excluding hydrogens is 387 g/mol. The molecule has 6 nitrogen and oxygen atoms in total. The van der Waals surface area contributed by atoms with E-state index in [1.807, 2.05) is 7.05 Å². The van der Waals surface area contributed by atoms with Crippen molar-refractivity contribution in [2.45, 2.75) is 69.4 Å². The molecule has 2 aliphatic rings. The molecule has 2 saturated heterocycles. The van der Waals surface area contributed by atoms with Crippen LogP contribution in [0.3, 0.4) is 0 Å². The van der Waals surface area contributed by atoms with E-state index in [0.29, 0.717) is 50.0 Å². The molecule has 2 fully saturated rings. The third-order valence-corrected chi connectivity index (χ3v) is 6.32. The van der Waals surface area contributed by atoms with Crippen LogP contribution in [0.1, 0.15) is 56.9 Å². The molecule has 1 aromatic carbocycles. The highest BCUT2D eigenvalue weighted by atomic mass is 19.1. The lowest BCUT2D eigenvalue weighted by atomic mass is 9.84. The van der Waals surface area contributed by atoms with Crippen LogP contribution < -0.4 is 10.1 Å². The summed E-state index contributed by atoms with van der Waals surface area (Å²) in [4.78, 5) is 26.4. The monoisotopic (exact) mass is 420 g/mol. The topological polar surface area (TPSA) is 67.9 Å².